The Labute approximate surface area is 92.0 Å². The van der Waals surface area contributed by atoms with Gasteiger partial charge in [0.25, 0.3) is 0 Å². The molecule has 0 bridgehead atoms. The molecule has 0 amide bonds. The highest BCUT2D eigenvalue weighted by atomic mass is 35.5. The van der Waals surface area contributed by atoms with Gasteiger partial charge in [0.1, 0.15) is 0 Å². The van der Waals surface area contributed by atoms with E-state index in [0.29, 0.717) is 6.54 Å². The largest absolute Gasteiger partial charge is 0.349 e. The molecule has 0 saturated heterocycles. The van der Waals surface area contributed by atoms with Gasteiger partial charge >= 0.3 is 0 Å². The van der Waals surface area contributed by atoms with E-state index in [4.69, 9.17) is 11.6 Å². The Kier molecular flexibility index (Phi) is 2.58. The van der Waals surface area contributed by atoms with Crippen molar-refractivity contribution in [2.24, 2.45) is 12.0 Å². The van der Waals surface area contributed by atoms with Crippen LogP contribution < -0.4 is 0 Å². The highest BCUT2D eigenvalue weighted by Crippen LogP contribution is 2.25. The van der Waals surface area contributed by atoms with Crippen molar-refractivity contribution in [1.82, 2.24) is 4.57 Å². The summed E-state index contributed by atoms with van der Waals surface area (Å²) in [5, 5.41) is 1.75. The third kappa shape index (κ3) is 1.80. The Bertz CT molecular complexity index is 553. The summed E-state index contributed by atoms with van der Waals surface area (Å²) in [6.45, 7) is 0.363. The maximum atomic E-state index is 9.99. The zero-order valence-corrected chi connectivity index (χ0v) is 8.95. The standard InChI is InChI=1S/C11H9ClN2O/c1-14-6-10(12)9-3-2-8(4-11(9)14)5-13-7-15/h2-4,6H,5H2,1H3. The highest BCUT2D eigenvalue weighted by molar-refractivity contribution is 6.35. The summed E-state index contributed by atoms with van der Waals surface area (Å²) in [5.41, 5.74) is 2.02. The van der Waals surface area contributed by atoms with Gasteiger partial charge in [-0.1, -0.05) is 23.7 Å². The number of rotatable bonds is 2. The first kappa shape index (κ1) is 9.97. The lowest BCUT2D eigenvalue weighted by molar-refractivity contribution is 0.563. The summed E-state index contributed by atoms with van der Waals surface area (Å²) in [4.78, 5) is 13.5. The molecule has 4 heteroatoms. The third-order valence-corrected chi connectivity index (χ3v) is 2.63. The van der Waals surface area contributed by atoms with E-state index in [1.807, 2.05) is 36.0 Å². The second-order valence-corrected chi connectivity index (χ2v) is 3.75. The molecule has 15 heavy (non-hydrogen) atoms. The summed E-state index contributed by atoms with van der Waals surface area (Å²) in [6.07, 6.45) is 3.39. The van der Waals surface area contributed by atoms with Gasteiger partial charge in [0, 0.05) is 24.1 Å². The molecule has 0 aliphatic rings. The summed E-state index contributed by atoms with van der Waals surface area (Å²) in [5.74, 6) is 0. The molecule has 1 aromatic heterocycles. The minimum absolute atomic E-state index is 0.363. The number of halogens is 1. The van der Waals surface area contributed by atoms with Crippen molar-refractivity contribution < 1.29 is 4.79 Å². The van der Waals surface area contributed by atoms with Crippen molar-refractivity contribution in [1.29, 1.82) is 0 Å². The van der Waals surface area contributed by atoms with Crippen molar-refractivity contribution in [3.8, 4) is 0 Å². The minimum Gasteiger partial charge on any atom is -0.349 e. The van der Waals surface area contributed by atoms with Crippen molar-refractivity contribution in [2.75, 3.05) is 0 Å². The lowest BCUT2D eigenvalue weighted by atomic mass is 10.1. The van der Waals surface area contributed by atoms with Crippen molar-refractivity contribution in [3.05, 3.63) is 35.0 Å². The van der Waals surface area contributed by atoms with E-state index < -0.39 is 0 Å². The van der Waals surface area contributed by atoms with E-state index in [1.165, 1.54) is 6.08 Å². The van der Waals surface area contributed by atoms with Gasteiger partial charge in [-0.2, -0.15) is 0 Å². The number of aromatic nitrogens is 1. The second kappa shape index (κ2) is 3.89. The Morgan fingerprint density at radius 1 is 1.53 bits per heavy atom. The predicted molar refractivity (Wildman–Crippen MR) is 59.8 cm³/mol. The molecule has 1 heterocycles. The molecule has 0 atom stereocenters. The Morgan fingerprint density at radius 2 is 2.33 bits per heavy atom. The second-order valence-electron chi connectivity index (χ2n) is 3.35. The smallest absolute Gasteiger partial charge is 0.235 e. The molecule has 2 aromatic rings. The van der Waals surface area contributed by atoms with Crippen LogP contribution in [-0.2, 0) is 18.4 Å². The lowest BCUT2D eigenvalue weighted by Crippen LogP contribution is -1.86. The molecule has 0 saturated carbocycles. The quantitative estimate of drug-likeness (QED) is 0.566. The van der Waals surface area contributed by atoms with Gasteiger partial charge in [-0.25, -0.2) is 9.79 Å². The molecule has 0 fully saturated rings. The average Bonchev–Trinajstić information content (AvgIpc) is 2.52. The fourth-order valence-electron chi connectivity index (χ4n) is 1.60. The maximum absolute atomic E-state index is 9.99. The number of carbonyl (C=O) groups excluding carboxylic acids is 1. The first-order valence-corrected chi connectivity index (χ1v) is 4.87. The van der Waals surface area contributed by atoms with Crippen LogP contribution in [0.4, 0.5) is 0 Å². The van der Waals surface area contributed by atoms with Gasteiger partial charge in [-0.3, -0.25) is 0 Å². The number of aryl methyl sites for hydroxylation is 1. The number of hydrogen-bond donors (Lipinski definition) is 0. The zero-order chi connectivity index (χ0) is 10.8. The van der Waals surface area contributed by atoms with Crippen molar-refractivity contribution >= 4 is 28.6 Å². The van der Waals surface area contributed by atoms with Crippen LogP contribution in [0.3, 0.4) is 0 Å². The predicted octanol–water partition coefficient (Wildman–Crippen LogP) is 2.67. The molecule has 0 aliphatic carbocycles. The summed E-state index contributed by atoms with van der Waals surface area (Å²) in [6, 6.07) is 5.82. The van der Waals surface area contributed by atoms with Gasteiger partial charge in [-0.15, -0.1) is 0 Å². The first-order valence-electron chi connectivity index (χ1n) is 4.49. The lowest BCUT2D eigenvalue weighted by Gasteiger charge is -1.98. The molecule has 76 valence electrons. The van der Waals surface area contributed by atoms with Crippen LogP contribution in [0.2, 0.25) is 5.02 Å². The minimum atomic E-state index is 0.363. The van der Waals surface area contributed by atoms with Gasteiger partial charge in [0.2, 0.25) is 6.08 Å². The molecule has 3 nitrogen and oxygen atoms in total. The van der Waals surface area contributed by atoms with E-state index >= 15 is 0 Å². The summed E-state index contributed by atoms with van der Waals surface area (Å²) >= 11 is 6.03. The first-order chi connectivity index (χ1) is 7.22. The Morgan fingerprint density at radius 3 is 3.07 bits per heavy atom. The molecule has 0 radical (unpaired) electrons. The Balaban J connectivity index is 2.54. The van der Waals surface area contributed by atoms with Crippen LogP contribution in [0.5, 0.6) is 0 Å². The van der Waals surface area contributed by atoms with Gasteiger partial charge in [0.15, 0.2) is 0 Å². The van der Waals surface area contributed by atoms with Gasteiger partial charge in [-0.05, 0) is 11.6 Å². The number of nitrogens with zero attached hydrogens (tertiary/aromatic N) is 2. The van der Waals surface area contributed by atoms with Crippen LogP contribution in [0.15, 0.2) is 29.4 Å². The van der Waals surface area contributed by atoms with Gasteiger partial charge < -0.3 is 4.57 Å². The topological polar surface area (TPSA) is 34.4 Å². The van der Waals surface area contributed by atoms with Crippen LogP contribution in [-0.4, -0.2) is 10.6 Å². The van der Waals surface area contributed by atoms with Crippen LogP contribution >= 0.6 is 11.6 Å². The number of isocyanates is 1. The molecular weight excluding hydrogens is 212 g/mol. The number of fused-ring (bicyclic) bond motifs is 1. The van der Waals surface area contributed by atoms with E-state index in [-0.39, 0.29) is 0 Å². The number of hydrogen-bond acceptors (Lipinski definition) is 2. The molecule has 0 aliphatic heterocycles. The van der Waals surface area contributed by atoms with E-state index in [1.54, 1.807) is 0 Å². The molecule has 0 spiro atoms. The summed E-state index contributed by atoms with van der Waals surface area (Å²) < 4.78 is 1.95. The van der Waals surface area contributed by atoms with E-state index in [9.17, 15) is 4.79 Å². The number of aliphatic imine (C=N–C) groups is 1. The van der Waals surface area contributed by atoms with Crippen LogP contribution in [0, 0.1) is 0 Å². The molecular formula is C11H9ClN2O. The van der Waals surface area contributed by atoms with Crippen molar-refractivity contribution in [2.45, 2.75) is 6.54 Å². The average molecular weight is 221 g/mol. The summed E-state index contributed by atoms with van der Waals surface area (Å²) in [7, 11) is 1.93. The maximum Gasteiger partial charge on any atom is 0.235 e. The van der Waals surface area contributed by atoms with E-state index in [0.717, 1.165) is 21.5 Å². The molecule has 2 rings (SSSR count). The molecule has 1 aromatic carbocycles. The normalized spacial score (nSPS) is 10.3. The number of benzene rings is 1. The SMILES string of the molecule is Cn1cc(Cl)c2ccc(CN=C=O)cc21. The molecule has 0 unspecified atom stereocenters. The van der Waals surface area contributed by atoms with Crippen LogP contribution in [0.1, 0.15) is 5.56 Å². The molecule has 0 N–H and O–H groups in total. The van der Waals surface area contributed by atoms with Crippen molar-refractivity contribution in [3.63, 3.8) is 0 Å². The van der Waals surface area contributed by atoms with E-state index in [2.05, 4.69) is 4.99 Å². The highest BCUT2D eigenvalue weighted by Gasteiger charge is 2.04. The van der Waals surface area contributed by atoms with Gasteiger partial charge in [0.05, 0.1) is 11.6 Å². The monoisotopic (exact) mass is 220 g/mol. The fraction of sp³-hybridized carbons (Fsp3) is 0.182. The third-order valence-electron chi connectivity index (χ3n) is 2.33. The Hall–Kier alpha value is -1.57. The van der Waals surface area contributed by atoms with Crippen LogP contribution in [0.25, 0.3) is 10.9 Å². The zero-order valence-electron chi connectivity index (χ0n) is 8.20. The fourth-order valence-corrected chi connectivity index (χ4v) is 1.91.